The number of methoxy groups -OCH3 is 3. The van der Waals surface area contributed by atoms with Gasteiger partial charge in [-0.1, -0.05) is 29.8 Å². The Bertz CT molecular complexity index is 849. The molecule has 1 saturated heterocycles. The van der Waals surface area contributed by atoms with E-state index in [0.717, 1.165) is 48.6 Å². The first kappa shape index (κ1) is 22.2. The summed E-state index contributed by atoms with van der Waals surface area (Å²) in [5, 5.41) is 3.83. The summed E-state index contributed by atoms with van der Waals surface area (Å²) < 4.78 is 16.1. The number of carbonyl (C=O) groups is 1. The van der Waals surface area contributed by atoms with Gasteiger partial charge >= 0.3 is 0 Å². The van der Waals surface area contributed by atoms with E-state index < -0.39 is 0 Å². The quantitative estimate of drug-likeness (QED) is 0.685. The van der Waals surface area contributed by atoms with Crippen LogP contribution in [-0.4, -0.2) is 45.2 Å². The summed E-state index contributed by atoms with van der Waals surface area (Å²) in [6, 6.07) is 11.6. The van der Waals surface area contributed by atoms with Crippen molar-refractivity contribution < 1.29 is 19.0 Å². The van der Waals surface area contributed by atoms with Crippen molar-refractivity contribution >= 4 is 17.5 Å². The lowest BCUT2D eigenvalue weighted by atomic mass is 9.96. The number of ether oxygens (including phenoxy) is 3. The maximum Gasteiger partial charge on any atom is 0.224 e. The molecule has 1 atom stereocenters. The first-order chi connectivity index (χ1) is 14.5. The number of hydrogen-bond acceptors (Lipinski definition) is 5. The summed E-state index contributed by atoms with van der Waals surface area (Å²) in [6.45, 7) is 2.86. The van der Waals surface area contributed by atoms with Crippen molar-refractivity contribution in [2.75, 3.05) is 34.4 Å². The van der Waals surface area contributed by atoms with E-state index in [1.165, 1.54) is 0 Å². The summed E-state index contributed by atoms with van der Waals surface area (Å²) in [5.74, 6) is 1.71. The minimum Gasteiger partial charge on any atom is -0.493 e. The lowest BCUT2D eigenvalue weighted by molar-refractivity contribution is -0.126. The van der Waals surface area contributed by atoms with Gasteiger partial charge in [-0.05, 0) is 48.7 Å². The molecule has 0 aliphatic carbocycles. The van der Waals surface area contributed by atoms with Crippen LogP contribution >= 0.6 is 11.6 Å². The molecule has 1 aliphatic rings. The molecule has 162 valence electrons. The molecular weight excluding hydrogens is 404 g/mol. The van der Waals surface area contributed by atoms with E-state index in [-0.39, 0.29) is 11.8 Å². The van der Waals surface area contributed by atoms with Crippen molar-refractivity contribution in [3.63, 3.8) is 0 Å². The predicted octanol–water partition coefficient (Wildman–Crippen LogP) is 3.89. The van der Waals surface area contributed by atoms with E-state index in [4.69, 9.17) is 25.8 Å². The second-order valence-corrected chi connectivity index (χ2v) is 7.82. The van der Waals surface area contributed by atoms with E-state index in [0.29, 0.717) is 23.8 Å². The van der Waals surface area contributed by atoms with Crippen LogP contribution < -0.4 is 19.5 Å². The SMILES string of the molecule is COc1cc(CNC(=O)[C@H]2CCCN(Cc3ccccc3Cl)C2)cc(OC)c1OC. The highest BCUT2D eigenvalue weighted by Crippen LogP contribution is 2.38. The van der Waals surface area contributed by atoms with Crippen LogP contribution in [0.5, 0.6) is 17.2 Å². The van der Waals surface area contributed by atoms with E-state index in [1.54, 1.807) is 21.3 Å². The highest BCUT2D eigenvalue weighted by atomic mass is 35.5. The van der Waals surface area contributed by atoms with Crippen molar-refractivity contribution in [3.05, 3.63) is 52.5 Å². The molecule has 7 heteroatoms. The van der Waals surface area contributed by atoms with Gasteiger partial charge in [0.15, 0.2) is 11.5 Å². The van der Waals surface area contributed by atoms with Crippen LogP contribution in [0, 0.1) is 5.92 Å². The third-order valence-electron chi connectivity index (χ3n) is 5.42. The molecule has 0 aromatic heterocycles. The maximum atomic E-state index is 12.8. The van der Waals surface area contributed by atoms with Crippen LogP contribution in [0.3, 0.4) is 0 Å². The van der Waals surface area contributed by atoms with E-state index >= 15 is 0 Å². The van der Waals surface area contributed by atoms with Gasteiger partial charge in [0.2, 0.25) is 11.7 Å². The van der Waals surface area contributed by atoms with Gasteiger partial charge in [-0.2, -0.15) is 0 Å². The molecule has 6 nitrogen and oxygen atoms in total. The Labute approximate surface area is 183 Å². The van der Waals surface area contributed by atoms with Crippen LogP contribution in [0.4, 0.5) is 0 Å². The van der Waals surface area contributed by atoms with Crippen LogP contribution in [0.15, 0.2) is 36.4 Å². The van der Waals surface area contributed by atoms with E-state index in [1.807, 2.05) is 36.4 Å². The third-order valence-corrected chi connectivity index (χ3v) is 5.79. The van der Waals surface area contributed by atoms with Crippen molar-refractivity contribution in [1.29, 1.82) is 0 Å². The number of amides is 1. The standard InChI is InChI=1S/C23H29ClN2O4/c1-28-20-11-16(12-21(29-2)22(20)30-3)13-25-23(27)18-8-6-10-26(15-18)14-17-7-4-5-9-19(17)24/h4-5,7,9,11-12,18H,6,8,10,13-15H2,1-3H3,(H,25,27)/t18-/m0/s1. The molecule has 0 bridgehead atoms. The van der Waals surface area contributed by atoms with Gasteiger partial charge in [-0.3, -0.25) is 9.69 Å². The minimum atomic E-state index is -0.0386. The first-order valence-corrected chi connectivity index (χ1v) is 10.5. The topological polar surface area (TPSA) is 60.0 Å². The molecule has 1 fully saturated rings. The second kappa shape index (κ2) is 10.5. The van der Waals surface area contributed by atoms with Gasteiger partial charge in [-0.15, -0.1) is 0 Å². The second-order valence-electron chi connectivity index (χ2n) is 7.42. The van der Waals surface area contributed by atoms with Crippen LogP contribution in [0.1, 0.15) is 24.0 Å². The van der Waals surface area contributed by atoms with Crippen molar-refractivity contribution in [3.8, 4) is 17.2 Å². The summed E-state index contributed by atoms with van der Waals surface area (Å²) in [5.41, 5.74) is 1.99. The number of carbonyl (C=O) groups excluding carboxylic acids is 1. The maximum absolute atomic E-state index is 12.8. The molecule has 1 aliphatic heterocycles. The van der Waals surface area contributed by atoms with Gasteiger partial charge in [0.1, 0.15) is 0 Å². The molecule has 3 rings (SSSR count). The Morgan fingerprint density at radius 3 is 2.47 bits per heavy atom. The Morgan fingerprint density at radius 2 is 1.83 bits per heavy atom. The van der Waals surface area contributed by atoms with E-state index in [2.05, 4.69) is 10.2 Å². The Kier molecular flexibility index (Phi) is 7.82. The number of likely N-dealkylation sites (tertiary alicyclic amines) is 1. The van der Waals surface area contributed by atoms with Gasteiger partial charge in [-0.25, -0.2) is 0 Å². The number of nitrogens with zero attached hydrogens (tertiary/aromatic N) is 1. The summed E-state index contributed by atoms with van der Waals surface area (Å²) in [7, 11) is 4.73. The molecule has 0 unspecified atom stereocenters. The lowest BCUT2D eigenvalue weighted by Crippen LogP contribution is -2.42. The highest BCUT2D eigenvalue weighted by Gasteiger charge is 2.26. The molecule has 30 heavy (non-hydrogen) atoms. The zero-order valence-electron chi connectivity index (χ0n) is 17.7. The van der Waals surface area contributed by atoms with Crippen molar-refractivity contribution in [1.82, 2.24) is 10.2 Å². The highest BCUT2D eigenvalue weighted by molar-refractivity contribution is 6.31. The fraction of sp³-hybridized carbons (Fsp3) is 0.435. The van der Waals surface area contributed by atoms with Gasteiger partial charge in [0.05, 0.1) is 27.2 Å². The number of halogens is 1. The third kappa shape index (κ3) is 5.37. The Hall–Kier alpha value is -2.44. The van der Waals surface area contributed by atoms with Crippen LogP contribution in [-0.2, 0) is 17.9 Å². The summed E-state index contributed by atoms with van der Waals surface area (Å²) in [4.78, 5) is 15.1. The average Bonchev–Trinajstić information content (AvgIpc) is 2.78. The molecule has 1 amide bonds. The number of hydrogen-bond donors (Lipinski definition) is 1. The summed E-state index contributed by atoms with van der Waals surface area (Å²) >= 11 is 6.30. The van der Waals surface area contributed by atoms with Crippen LogP contribution in [0.25, 0.3) is 0 Å². The minimum absolute atomic E-state index is 0.0386. The number of nitrogens with one attached hydrogen (secondary N) is 1. The fourth-order valence-corrected chi connectivity index (χ4v) is 4.05. The van der Waals surface area contributed by atoms with Crippen molar-refractivity contribution in [2.45, 2.75) is 25.9 Å². The van der Waals surface area contributed by atoms with Gasteiger partial charge in [0, 0.05) is 24.7 Å². The molecule has 1 N–H and O–H groups in total. The fourth-order valence-electron chi connectivity index (χ4n) is 3.85. The zero-order chi connectivity index (χ0) is 21.5. The Morgan fingerprint density at radius 1 is 1.13 bits per heavy atom. The van der Waals surface area contributed by atoms with Crippen LogP contribution in [0.2, 0.25) is 5.02 Å². The molecule has 0 saturated carbocycles. The van der Waals surface area contributed by atoms with Gasteiger partial charge in [0.25, 0.3) is 0 Å². The molecular formula is C23H29ClN2O4. The average molecular weight is 433 g/mol. The molecule has 2 aromatic rings. The number of rotatable bonds is 8. The molecule has 0 spiro atoms. The Balaban J connectivity index is 1.60. The monoisotopic (exact) mass is 432 g/mol. The first-order valence-electron chi connectivity index (χ1n) is 10.1. The molecule has 1 heterocycles. The van der Waals surface area contributed by atoms with Gasteiger partial charge < -0.3 is 19.5 Å². The molecule has 2 aromatic carbocycles. The normalized spacial score (nSPS) is 16.7. The van der Waals surface area contributed by atoms with E-state index in [9.17, 15) is 4.79 Å². The lowest BCUT2D eigenvalue weighted by Gasteiger charge is -2.32. The summed E-state index contributed by atoms with van der Waals surface area (Å²) in [6.07, 6.45) is 1.88. The van der Waals surface area contributed by atoms with Crippen molar-refractivity contribution in [2.24, 2.45) is 5.92 Å². The smallest absolute Gasteiger partial charge is 0.224 e. The largest absolute Gasteiger partial charge is 0.493 e. The number of benzene rings is 2. The zero-order valence-corrected chi connectivity index (χ0v) is 18.5. The predicted molar refractivity (Wildman–Crippen MR) is 117 cm³/mol. The number of piperidine rings is 1. The molecule has 0 radical (unpaired) electrons.